The number of anilines is 1. The van der Waals surface area contributed by atoms with E-state index in [9.17, 15) is 4.79 Å². The van der Waals surface area contributed by atoms with Crippen molar-refractivity contribution < 1.29 is 4.79 Å². The number of likely N-dealkylation sites (N-methyl/N-ethyl adjacent to an activating group) is 1. The van der Waals surface area contributed by atoms with E-state index in [0.29, 0.717) is 0 Å². The van der Waals surface area contributed by atoms with Crippen LogP contribution in [-0.4, -0.2) is 68.1 Å². The number of carbonyl (C=O) groups is 1. The number of hydrogen-bond donors (Lipinski definition) is 1. The van der Waals surface area contributed by atoms with Crippen LogP contribution in [0.15, 0.2) is 30.3 Å². The van der Waals surface area contributed by atoms with Gasteiger partial charge in [-0.15, -0.1) is 0 Å². The quantitative estimate of drug-likeness (QED) is 0.858. The molecule has 0 radical (unpaired) electrons. The van der Waals surface area contributed by atoms with Gasteiger partial charge in [0.05, 0.1) is 6.04 Å². The van der Waals surface area contributed by atoms with Crippen molar-refractivity contribution in [1.82, 2.24) is 9.80 Å². The monoisotopic (exact) mass is 318 g/mol. The molecule has 0 aliphatic carbocycles. The molecule has 0 bridgehead atoms. The van der Waals surface area contributed by atoms with Crippen LogP contribution in [0.3, 0.4) is 0 Å². The first-order valence-corrected chi connectivity index (χ1v) is 8.52. The molecule has 1 aromatic carbocycles. The molecule has 0 aromatic heterocycles. The molecule has 1 heterocycles. The van der Waals surface area contributed by atoms with Crippen LogP contribution in [0.25, 0.3) is 0 Å². The molecule has 5 nitrogen and oxygen atoms in total. The number of carbonyl (C=O) groups excluding carboxylic acids is 1. The number of rotatable bonds is 6. The van der Waals surface area contributed by atoms with Gasteiger partial charge in [0, 0.05) is 52.0 Å². The van der Waals surface area contributed by atoms with E-state index in [4.69, 9.17) is 5.73 Å². The topological polar surface area (TPSA) is 52.8 Å². The predicted octanol–water partition coefficient (Wildman–Crippen LogP) is 1.25. The maximum absolute atomic E-state index is 12.2. The lowest BCUT2D eigenvalue weighted by molar-refractivity contribution is -0.132. The first kappa shape index (κ1) is 17.8. The maximum Gasteiger partial charge on any atom is 0.239 e. The van der Waals surface area contributed by atoms with Crippen molar-refractivity contribution in [3.05, 3.63) is 30.3 Å². The van der Waals surface area contributed by atoms with Crippen molar-refractivity contribution in [2.24, 2.45) is 11.7 Å². The molecule has 1 atom stereocenters. The van der Waals surface area contributed by atoms with Gasteiger partial charge in [-0.2, -0.15) is 0 Å². The fourth-order valence-electron chi connectivity index (χ4n) is 2.81. The highest BCUT2D eigenvalue weighted by molar-refractivity contribution is 5.81. The molecule has 1 aromatic rings. The number of benzene rings is 1. The Morgan fingerprint density at radius 2 is 1.78 bits per heavy atom. The number of piperazine rings is 1. The van der Waals surface area contributed by atoms with Crippen LogP contribution in [0.1, 0.15) is 13.8 Å². The Balaban J connectivity index is 1.73. The Morgan fingerprint density at radius 1 is 1.17 bits per heavy atom. The van der Waals surface area contributed by atoms with E-state index in [0.717, 1.165) is 39.3 Å². The van der Waals surface area contributed by atoms with Crippen molar-refractivity contribution in [2.45, 2.75) is 19.9 Å². The van der Waals surface area contributed by atoms with Crippen LogP contribution in [0.5, 0.6) is 0 Å². The number of amides is 1. The highest BCUT2D eigenvalue weighted by Gasteiger charge is 2.22. The molecule has 0 saturated carbocycles. The maximum atomic E-state index is 12.2. The zero-order chi connectivity index (χ0) is 16.8. The predicted molar refractivity (Wildman–Crippen MR) is 95.5 cm³/mol. The van der Waals surface area contributed by atoms with Crippen molar-refractivity contribution in [3.8, 4) is 0 Å². The van der Waals surface area contributed by atoms with Crippen LogP contribution in [0.4, 0.5) is 5.69 Å². The van der Waals surface area contributed by atoms with E-state index in [-0.39, 0.29) is 11.8 Å². The number of nitrogens with zero attached hydrogens (tertiary/aromatic N) is 3. The van der Waals surface area contributed by atoms with E-state index >= 15 is 0 Å². The zero-order valence-corrected chi connectivity index (χ0v) is 14.6. The fourth-order valence-corrected chi connectivity index (χ4v) is 2.81. The van der Waals surface area contributed by atoms with Gasteiger partial charge >= 0.3 is 0 Å². The minimum absolute atomic E-state index is 0.0444. The normalized spacial score (nSPS) is 17.3. The minimum Gasteiger partial charge on any atom is -0.369 e. The second kappa shape index (κ2) is 8.31. The van der Waals surface area contributed by atoms with Crippen LogP contribution in [0, 0.1) is 5.92 Å². The molecule has 1 amide bonds. The third kappa shape index (κ3) is 4.94. The molecular weight excluding hydrogens is 288 g/mol. The first-order valence-electron chi connectivity index (χ1n) is 8.52. The molecule has 2 rings (SSSR count). The molecule has 0 spiro atoms. The van der Waals surface area contributed by atoms with Crippen molar-refractivity contribution in [3.63, 3.8) is 0 Å². The summed E-state index contributed by atoms with van der Waals surface area (Å²) in [5.41, 5.74) is 7.23. The molecule has 23 heavy (non-hydrogen) atoms. The number of para-hydroxylation sites is 1. The summed E-state index contributed by atoms with van der Waals surface area (Å²) in [6, 6.07) is 10.1. The van der Waals surface area contributed by atoms with E-state index in [1.165, 1.54) is 5.69 Å². The molecule has 1 aliphatic rings. The van der Waals surface area contributed by atoms with Gasteiger partial charge < -0.3 is 15.5 Å². The second-order valence-electron chi connectivity index (χ2n) is 6.69. The average Bonchev–Trinajstić information content (AvgIpc) is 2.59. The van der Waals surface area contributed by atoms with Crippen molar-refractivity contribution in [2.75, 3.05) is 51.2 Å². The zero-order valence-electron chi connectivity index (χ0n) is 14.6. The van der Waals surface area contributed by atoms with E-state index in [2.05, 4.69) is 40.1 Å². The summed E-state index contributed by atoms with van der Waals surface area (Å²) in [6.45, 7) is 9.76. The average molecular weight is 318 g/mol. The summed E-state index contributed by atoms with van der Waals surface area (Å²) in [6.07, 6.45) is 0. The lowest BCUT2D eigenvalue weighted by Gasteiger charge is -2.37. The molecule has 5 heteroatoms. The van der Waals surface area contributed by atoms with Crippen LogP contribution < -0.4 is 10.6 Å². The summed E-state index contributed by atoms with van der Waals surface area (Å²) in [7, 11) is 1.85. The van der Waals surface area contributed by atoms with Gasteiger partial charge in [0.15, 0.2) is 0 Å². The van der Waals surface area contributed by atoms with Gasteiger partial charge in [0.2, 0.25) is 5.91 Å². The molecule has 2 N–H and O–H groups in total. The minimum atomic E-state index is -0.394. The Bertz CT molecular complexity index is 483. The Kier molecular flexibility index (Phi) is 6.42. The van der Waals surface area contributed by atoms with Crippen molar-refractivity contribution in [1.29, 1.82) is 0 Å². The van der Waals surface area contributed by atoms with Crippen LogP contribution in [-0.2, 0) is 4.79 Å². The van der Waals surface area contributed by atoms with Gasteiger partial charge in [0.1, 0.15) is 0 Å². The second-order valence-corrected chi connectivity index (χ2v) is 6.69. The molecular formula is C18H30N4O. The molecule has 128 valence electrons. The van der Waals surface area contributed by atoms with Gasteiger partial charge in [-0.3, -0.25) is 9.69 Å². The van der Waals surface area contributed by atoms with Crippen molar-refractivity contribution >= 4 is 11.6 Å². The largest absolute Gasteiger partial charge is 0.369 e. The Hall–Kier alpha value is -1.59. The molecule has 1 aliphatic heterocycles. The lowest BCUT2D eigenvalue weighted by atomic mass is 10.0. The molecule has 0 unspecified atom stereocenters. The fraction of sp³-hybridized carbons (Fsp3) is 0.611. The van der Waals surface area contributed by atoms with E-state index in [1.54, 1.807) is 4.90 Å². The smallest absolute Gasteiger partial charge is 0.239 e. The SMILES string of the molecule is CC(C)[C@H](N)C(=O)N(C)CCN1CCN(c2ccccc2)CC1. The summed E-state index contributed by atoms with van der Waals surface area (Å²) in [5, 5.41) is 0. The van der Waals surface area contributed by atoms with Gasteiger partial charge in [-0.05, 0) is 18.1 Å². The van der Waals surface area contributed by atoms with Crippen LogP contribution in [0.2, 0.25) is 0 Å². The summed E-state index contributed by atoms with van der Waals surface area (Å²) in [5.74, 6) is 0.224. The van der Waals surface area contributed by atoms with Gasteiger partial charge in [0.25, 0.3) is 0 Å². The van der Waals surface area contributed by atoms with Gasteiger partial charge in [-0.1, -0.05) is 32.0 Å². The van der Waals surface area contributed by atoms with E-state index < -0.39 is 6.04 Å². The first-order chi connectivity index (χ1) is 11.0. The van der Waals surface area contributed by atoms with E-state index in [1.807, 2.05) is 20.9 Å². The number of hydrogen-bond acceptors (Lipinski definition) is 4. The highest BCUT2D eigenvalue weighted by Crippen LogP contribution is 2.15. The molecule has 1 saturated heterocycles. The van der Waals surface area contributed by atoms with Gasteiger partial charge in [-0.25, -0.2) is 0 Å². The Morgan fingerprint density at radius 3 is 2.35 bits per heavy atom. The summed E-state index contributed by atoms with van der Waals surface area (Å²) in [4.78, 5) is 18.8. The highest BCUT2D eigenvalue weighted by atomic mass is 16.2. The lowest BCUT2D eigenvalue weighted by Crippen LogP contribution is -2.50. The number of nitrogens with two attached hydrogens (primary N) is 1. The standard InChI is InChI=1S/C18H30N4O/c1-15(2)17(19)18(23)20(3)9-10-21-11-13-22(14-12-21)16-7-5-4-6-8-16/h4-8,15,17H,9-14,19H2,1-3H3/t17-/m0/s1. The third-order valence-electron chi connectivity index (χ3n) is 4.62. The Labute approximate surface area is 140 Å². The third-order valence-corrected chi connectivity index (χ3v) is 4.62. The van der Waals surface area contributed by atoms with Crippen LogP contribution >= 0.6 is 0 Å². The summed E-state index contributed by atoms with van der Waals surface area (Å²) < 4.78 is 0. The molecule has 1 fully saturated rings. The summed E-state index contributed by atoms with van der Waals surface area (Å²) >= 11 is 0.